The van der Waals surface area contributed by atoms with Gasteiger partial charge in [0, 0.05) is 12.2 Å². The van der Waals surface area contributed by atoms with Crippen LogP contribution in [0.4, 0.5) is 14.9 Å². The zero-order valence-corrected chi connectivity index (χ0v) is 17.4. The van der Waals surface area contributed by atoms with Crippen molar-refractivity contribution in [3.63, 3.8) is 0 Å². The zero-order valence-electron chi connectivity index (χ0n) is 16.6. The molecule has 0 aliphatic carbocycles. The van der Waals surface area contributed by atoms with E-state index in [1.165, 1.54) is 31.4 Å². The van der Waals surface area contributed by atoms with Crippen LogP contribution in [-0.4, -0.2) is 31.1 Å². The standard InChI is InChI=1S/C21H23ClFN3O4/c1-3-4-18(26-21(29)24-12-13-5-7-14(23)8-6-13)19(27)25-15-9-10-17(22)16(11-15)20(28)30-2/h5-11,18H,3-4,12H2,1-2H3,(H,25,27)(H2,24,26,29). The van der Waals surface area contributed by atoms with E-state index in [9.17, 15) is 18.8 Å². The Morgan fingerprint density at radius 3 is 2.47 bits per heavy atom. The molecule has 3 amide bonds. The van der Waals surface area contributed by atoms with Gasteiger partial charge in [-0.15, -0.1) is 0 Å². The Morgan fingerprint density at radius 2 is 1.83 bits per heavy atom. The number of ether oxygens (including phenoxy) is 1. The number of hydrogen-bond acceptors (Lipinski definition) is 4. The largest absolute Gasteiger partial charge is 0.465 e. The van der Waals surface area contributed by atoms with Crippen molar-refractivity contribution < 1.29 is 23.5 Å². The van der Waals surface area contributed by atoms with Crippen LogP contribution in [0.2, 0.25) is 5.02 Å². The number of rotatable bonds is 8. The van der Waals surface area contributed by atoms with Crippen molar-refractivity contribution >= 4 is 35.2 Å². The van der Waals surface area contributed by atoms with Gasteiger partial charge in [-0.1, -0.05) is 37.1 Å². The number of carbonyl (C=O) groups excluding carboxylic acids is 3. The average molecular weight is 436 g/mol. The summed E-state index contributed by atoms with van der Waals surface area (Å²) in [6.07, 6.45) is 1.07. The summed E-state index contributed by atoms with van der Waals surface area (Å²) in [4.78, 5) is 36.6. The Morgan fingerprint density at radius 1 is 1.13 bits per heavy atom. The van der Waals surface area contributed by atoms with Gasteiger partial charge >= 0.3 is 12.0 Å². The van der Waals surface area contributed by atoms with Gasteiger partial charge < -0.3 is 20.7 Å². The number of nitrogens with one attached hydrogen (secondary N) is 3. The number of amides is 3. The lowest BCUT2D eigenvalue weighted by atomic mass is 10.1. The topological polar surface area (TPSA) is 96.5 Å². The first kappa shape index (κ1) is 23.2. The van der Waals surface area contributed by atoms with Gasteiger partial charge in [-0.2, -0.15) is 0 Å². The summed E-state index contributed by atoms with van der Waals surface area (Å²) in [6, 6.07) is 8.83. The van der Waals surface area contributed by atoms with E-state index in [-0.39, 0.29) is 22.9 Å². The Kier molecular flexibility index (Phi) is 8.61. The molecular weight excluding hydrogens is 413 g/mol. The molecule has 0 saturated carbocycles. The highest BCUT2D eigenvalue weighted by atomic mass is 35.5. The summed E-state index contributed by atoms with van der Waals surface area (Å²) in [7, 11) is 1.23. The minimum absolute atomic E-state index is 0.119. The molecule has 0 saturated heterocycles. The molecule has 0 aliphatic heterocycles. The van der Waals surface area contributed by atoms with Crippen molar-refractivity contribution in [2.75, 3.05) is 12.4 Å². The first-order valence-corrected chi connectivity index (χ1v) is 9.69. The molecule has 1 unspecified atom stereocenters. The lowest BCUT2D eigenvalue weighted by Gasteiger charge is -2.18. The van der Waals surface area contributed by atoms with Crippen LogP contribution in [0.25, 0.3) is 0 Å². The molecule has 3 N–H and O–H groups in total. The summed E-state index contributed by atoms with van der Waals surface area (Å²) in [5.74, 6) is -1.42. The third-order valence-corrected chi connectivity index (χ3v) is 4.53. The molecule has 7 nitrogen and oxygen atoms in total. The molecule has 9 heteroatoms. The first-order chi connectivity index (χ1) is 14.3. The first-order valence-electron chi connectivity index (χ1n) is 9.31. The molecule has 2 aromatic rings. The fraction of sp³-hybridized carbons (Fsp3) is 0.286. The smallest absolute Gasteiger partial charge is 0.339 e. The maximum Gasteiger partial charge on any atom is 0.339 e. The molecule has 0 bridgehead atoms. The lowest BCUT2D eigenvalue weighted by molar-refractivity contribution is -0.118. The average Bonchev–Trinajstić information content (AvgIpc) is 2.73. The number of halogens is 2. The van der Waals surface area contributed by atoms with Crippen LogP contribution in [0.5, 0.6) is 0 Å². The van der Waals surface area contributed by atoms with E-state index >= 15 is 0 Å². The highest BCUT2D eigenvalue weighted by Gasteiger charge is 2.21. The van der Waals surface area contributed by atoms with Gasteiger partial charge in [-0.05, 0) is 42.3 Å². The minimum Gasteiger partial charge on any atom is -0.465 e. The Labute approximate surface area is 178 Å². The molecule has 0 fully saturated rings. The quantitative estimate of drug-likeness (QED) is 0.548. The van der Waals surface area contributed by atoms with Gasteiger partial charge in [0.15, 0.2) is 0 Å². The van der Waals surface area contributed by atoms with Crippen molar-refractivity contribution in [1.29, 1.82) is 0 Å². The molecule has 0 radical (unpaired) electrons. The fourth-order valence-corrected chi connectivity index (χ4v) is 2.84. The summed E-state index contributed by atoms with van der Waals surface area (Å²) in [5, 5.41) is 8.13. The molecular formula is C21H23ClFN3O4. The zero-order chi connectivity index (χ0) is 22.1. The maximum atomic E-state index is 12.9. The second-order valence-electron chi connectivity index (χ2n) is 6.47. The molecule has 2 aromatic carbocycles. The maximum absolute atomic E-state index is 12.9. The molecule has 0 aromatic heterocycles. The highest BCUT2D eigenvalue weighted by molar-refractivity contribution is 6.33. The molecule has 160 valence electrons. The van der Waals surface area contributed by atoms with Crippen LogP contribution in [0.1, 0.15) is 35.7 Å². The van der Waals surface area contributed by atoms with Gasteiger partial charge in [0.1, 0.15) is 11.9 Å². The second-order valence-corrected chi connectivity index (χ2v) is 6.88. The number of urea groups is 1. The fourth-order valence-electron chi connectivity index (χ4n) is 2.65. The summed E-state index contributed by atoms with van der Waals surface area (Å²) < 4.78 is 17.6. The third-order valence-electron chi connectivity index (χ3n) is 4.20. The molecule has 1 atom stereocenters. The predicted octanol–water partition coefficient (Wildman–Crippen LogP) is 3.87. The van der Waals surface area contributed by atoms with Crippen molar-refractivity contribution in [3.8, 4) is 0 Å². The SMILES string of the molecule is CCCC(NC(=O)NCc1ccc(F)cc1)C(=O)Nc1ccc(Cl)c(C(=O)OC)c1. The van der Waals surface area contributed by atoms with E-state index in [1.54, 1.807) is 18.2 Å². The second kappa shape index (κ2) is 11.2. The Hall–Kier alpha value is -3.13. The summed E-state index contributed by atoms with van der Waals surface area (Å²) >= 11 is 5.98. The monoisotopic (exact) mass is 435 g/mol. The Balaban J connectivity index is 1.99. The Bertz CT molecular complexity index is 906. The molecule has 0 heterocycles. The van der Waals surface area contributed by atoms with E-state index < -0.39 is 23.9 Å². The molecule has 2 rings (SSSR count). The number of esters is 1. The lowest BCUT2D eigenvalue weighted by Crippen LogP contribution is -2.47. The van der Waals surface area contributed by atoms with E-state index in [2.05, 4.69) is 20.7 Å². The number of hydrogen-bond donors (Lipinski definition) is 3. The highest BCUT2D eigenvalue weighted by Crippen LogP contribution is 2.21. The predicted molar refractivity (Wildman–Crippen MR) is 112 cm³/mol. The van der Waals surface area contributed by atoms with Crippen LogP contribution >= 0.6 is 11.6 Å². The molecule has 0 aliphatic rings. The van der Waals surface area contributed by atoms with Gasteiger partial charge in [-0.25, -0.2) is 14.0 Å². The number of methoxy groups -OCH3 is 1. The van der Waals surface area contributed by atoms with Crippen LogP contribution in [0.3, 0.4) is 0 Å². The number of anilines is 1. The van der Waals surface area contributed by atoms with Crippen LogP contribution in [0, 0.1) is 5.82 Å². The number of benzene rings is 2. The van der Waals surface area contributed by atoms with Crippen molar-refractivity contribution in [2.24, 2.45) is 0 Å². The van der Waals surface area contributed by atoms with E-state index in [0.29, 0.717) is 18.5 Å². The van der Waals surface area contributed by atoms with Gasteiger partial charge in [0.25, 0.3) is 0 Å². The van der Waals surface area contributed by atoms with Crippen LogP contribution in [-0.2, 0) is 16.1 Å². The molecule has 30 heavy (non-hydrogen) atoms. The van der Waals surface area contributed by atoms with Crippen molar-refractivity contribution in [3.05, 3.63) is 64.4 Å². The van der Waals surface area contributed by atoms with Crippen molar-refractivity contribution in [1.82, 2.24) is 10.6 Å². The number of carbonyl (C=O) groups is 3. The van der Waals surface area contributed by atoms with E-state index in [1.807, 2.05) is 6.92 Å². The van der Waals surface area contributed by atoms with Crippen LogP contribution in [0.15, 0.2) is 42.5 Å². The van der Waals surface area contributed by atoms with E-state index in [4.69, 9.17) is 11.6 Å². The van der Waals surface area contributed by atoms with Gasteiger partial charge in [-0.3, -0.25) is 4.79 Å². The van der Waals surface area contributed by atoms with E-state index in [0.717, 1.165) is 5.56 Å². The third kappa shape index (κ3) is 6.73. The summed E-state index contributed by atoms with van der Waals surface area (Å²) in [5.41, 5.74) is 1.19. The van der Waals surface area contributed by atoms with Crippen molar-refractivity contribution in [2.45, 2.75) is 32.4 Å². The van der Waals surface area contributed by atoms with Crippen LogP contribution < -0.4 is 16.0 Å². The minimum atomic E-state index is -0.791. The van der Waals surface area contributed by atoms with Gasteiger partial charge in [0.2, 0.25) is 5.91 Å². The summed E-state index contributed by atoms with van der Waals surface area (Å²) in [6.45, 7) is 2.07. The van der Waals surface area contributed by atoms with Gasteiger partial charge in [0.05, 0.1) is 17.7 Å². The molecule has 0 spiro atoms. The normalized spacial score (nSPS) is 11.3.